The first-order valence-electron chi connectivity index (χ1n) is 8.09. The summed E-state index contributed by atoms with van der Waals surface area (Å²) in [6.07, 6.45) is 3.77. The zero-order valence-electron chi connectivity index (χ0n) is 13.9. The fraction of sp³-hybridized carbons (Fsp3) is 0.875. The molecule has 0 spiro atoms. The Kier molecular flexibility index (Phi) is 5.76. The number of aromatic nitrogens is 2. The van der Waals surface area contributed by atoms with Crippen LogP contribution in [0.25, 0.3) is 0 Å². The van der Waals surface area contributed by atoms with Crippen molar-refractivity contribution in [3.8, 4) is 0 Å². The monoisotopic (exact) mass is 295 g/mol. The average Bonchev–Trinajstić information content (AvgIpc) is 2.93. The van der Waals surface area contributed by atoms with Gasteiger partial charge in [0, 0.05) is 13.2 Å². The molecule has 0 bridgehead atoms. The lowest BCUT2D eigenvalue weighted by Gasteiger charge is -2.37. The maximum atomic E-state index is 5.30. The number of nitrogens with one attached hydrogen (secondary N) is 1. The standard InChI is InChI=1S/C16H29N3O2/c1-10(2)13-7-6-11(3)8-14(13)17-9-15-18-16(19-21-15)12(4)20-5/h10-14,17H,6-9H2,1-5H3/t11-,12-,13+,14-/m1/s1. The molecule has 0 amide bonds. The summed E-state index contributed by atoms with van der Waals surface area (Å²) in [5.41, 5.74) is 0. The van der Waals surface area contributed by atoms with Crippen LogP contribution in [-0.4, -0.2) is 23.3 Å². The first-order valence-corrected chi connectivity index (χ1v) is 8.09. The molecular formula is C16H29N3O2. The van der Waals surface area contributed by atoms with E-state index in [-0.39, 0.29) is 6.10 Å². The van der Waals surface area contributed by atoms with Crippen LogP contribution in [0.1, 0.15) is 64.8 Å². The molecule has 1 aromatic heterocycles. The van der Waals surface area contributed by atoms with Crippen LogP contribution >= 0.6 is 0 Å². The van der Waals surface area contributed by atoms with Gasteiger partial charge in [0.25, 0.3) is 0 Å². The van der Waals surface area contributed by atoms with Gasteiger partial charge in [-0.1, -0.05) is 32.3 Å². The van der Waals surface area contributed by atoms with Crippen molar-refractivity contribution in [2.45, 2.75) is 65.6 Å². The Bertz CT molecular complexity index is 433. The first kappa shape index (κ1) is 16.4. The van der Waals surface area contributed by atoms with Crippen molar-refractivity contribution in [3.05, 3.63) is 11.7 Å². The van der Waals surface area contributed by atoms with Gasteiger partial charge in [-0.05, 0) is 37.5 Å². The summed E-state index contributed by atoms with van der Waals surface area (Å²) >= 11 is 0. The van der Waals surface area contributed by atoms with Crippen LogP contribution in [0.5, 0.6) is 0 Å². The van der Waals surface area contributed by atoms with Gasteiger partial charge in [0.15, 0.2) is 5.82 Å². The molecule has 2 rings (SSSR count). The van der Waals surface area contributed by atoms with Gasteiger partial charge in [-0.25, -0.2) is 0 Å². The second kappa shape index (κ2) is 7.36. The van der Waals surface area contributed by atoms with Gasteiger partial charge in [-0.2, -0.15) is 4.98 Å². The van der Waals surface area contributed by atoms with E-state index in [1.165, 1.54) is 19.3 Å². The minimum absolute atomic E-state index is 0.124. The van der Waals surface area contributed by atoms with Crippen molar-refractivity contribution in [2.75, 3.05) is 7.11 Å². The Morgan fingerprint density at radius 1 is 1.33 bits per heavy atom. The largest absolute Gasteiger partial charge is 0.374 e. The fourth-order valence-electron chi connectivity index (χ4n) is 3.27. The van der Waals surface area contributed by atoms with Gasteiger partial charge in [0.1, 0.15) is 6.10 Å². The van der Waals surface area contributed by atoms with Crippen molar-refractivity contribution in [2.24, 2.45) is 17.8 Å². The molecule has 0 aliphatic heterocycles. The Balaban J connectivity index is 1.92. The van der Waals surface area contributed by atoms with Gasteiger partial charge in [0.05, 0.1) is 6.54 Å². The zero-order chi connectivity index (χ0) is 15.4. The third-order valence-corrected chi connectivity index (χ3v) is 4.74. The van der Waals surface area contributed by atoms with E-state index in [9.17, 15) is 0 Å². The maximum absolute atomic E-state index is 5.30. The lowest BCUT2D eigenvalue weighted by atomic mass is 9.74. The lowest BCUT2D eigenvalue weighted by Crippen LogP contribution is -2.42. The van der Waals surface area contributed by atoms with Gasteiger partial charge >= 0.3 is 0 Å². The molecule has 1 fully saturated rings. The number of hydrogen-bond acceptors (Lipinski definition) is 5. The topological polar surface area (TPSA) is 60.2 Å². The number of ether oxygens (including phenoxy) is 1. The highest BCUT2D eigenvalue weighted by Crippen LogP contribution is 2.33. The minimum Gasteiger partial charge on any atom is -0.374 e. The summed E-state index contributed by atoms with van der Waals surface area (Å²) in [4.78, 5) is 4.39. The van der Waals surface area contributed by atoms with E-state index in [1.807, 2.05) is 6.92 Å². The molecule has 1 aliphatic rings. The van der Waals surface area contributed by atoms with Crippen molar-refractivity contribution in [1.29, 1.82) is 0 Å². The predicted molar refractivity (Wildman–Crippen MR) is 81.7 cm³/mol. The van der Waals surface area contributed by atoms with Gasteiger partial charge in [0.2, 0.25) is 5.89 Å². The number of rotatable bonds is 6. The van der Waals surface area contributed by atoms with Crippen LogP contribution in [0.2, 0.25) is 0 Å². The zero-order valence-corrected chi connectivity index (χ0v) is 13.9. The second-order valence-corrected chi connectivity index (χ2v) is 6.74. The number of hydrogen-bond donors (Lipinski definition) is 1. The van der Waals surface area contributed by atoms with E-state index < -0.39 is 0 Å². The summed E-state index contributed by atoms with van der Waals surface area (Å²) in [6.45, 7) is 9.54. The molecule has 0 aromatic carbocycles. The minimum atomic E-state index is -0.124. The van der Waals surface area contributed by atoms with Gasteiger partial charge < -0.3 is 14.6 Å². The average molecular weight is 295 g/mol. The van der Waals surface area contributed by atoms with Crippen LogP contribution in [0.15, 0.2) is 4.52 Å². The smallest absolute Gasteiger partial charge is 0.240 e. The summed E-state index contributed by atoms with van der Waals surface area (Å²) in [5.74, 6) is 3.51. The number of methoxy groups -OCH3 is 1. The van der Waals surface area contributed by atoms with Crippen LogP contribution in [0, 0.1) is 17.8 Å². The highest BCUT2D eigenvalue weighted by atomic mass is 16.5. The summed E-state index contributed by atoms with van der Waals surface area (Å²) in [6, 6.07) is 0.545. The highest BCUT2D eigenvalue weighted by molar-refractivity contribution is 4.91. The van der Waals surface area contributed by atoms with E-state index >= 15 is 0 Å². The van der Waals surface area contributed by atoms with E-state index in [1.54, 1.807) is 7.11 Å². The number of nitrogens with zero attached hydrogens (tertiary/aromatic N) is 2. The molecule has 1 aromatic rings. The van der Waals surface area contributed by atoms with E-state index in [0.717, 1.165) is 11.8 Å². The van der Waals surface area contributed by atoms with E-state index in [4.69, 9.17) is 9.26 Å². The molecule has 1 N–H and O–H groups in total. The molecule has 21 heavy (non-hydrogen) atoms. The Hall–Kier alpha value is -0.940. The van der Waals surface area contributed by atoms with Crippen molar-refractivity contribution in [1.82, 2.24) is 15.5 Å². The van der Waals surface area contributed by atoms with E-state index in [0.29, 0.717) is 30.2 Å². The highest BCUT2D eigenvalue weighted by Gasteiger charge is 2.30. The summed E-state index contributed by atoms with van der Waals surface area (Å²) < 4.78 is 10.5. The fourth-order valence-corrected chi connectivity index (χ4v) is 3.27. The normalized spacial score (nSPS) is 28.0. The van der Waals surface area contributed by atoms with E-state index in [2.05, 4.69) is 36.2 Å². The van der Waals surface area contributed by atoms with Crippen LogP contribution in [0.4, 0.5) is 0 Å². The molecule has 120 valence electrons. The Labute approximate surface area is 127 Å². The van der Waals surface area contributed by atoms with Gasteiger partial charge in [-0.15, -0.1) is 0 Å². The van der Waals surface area contributed by atoms with Crippen molar-refractivity contribution >= 4 is 0 Å². The van der Waals surface area contributed by atoms with Crippen LogP contribution in [0.3, 0.4) is 0 Å². The molecule has 1 aliphatic carbocycles. The molecule has 0 unspecified atom stereocenters. The molecule has 0 radical (unpaired) electrons. The molecule has 0 saturated heterocycles. The van der Waals surface area contributed by atoms with Crippen molar-refractivity contribution < 1.29 is 9.26 Å². The molecule has 5 heteroatoms. The first-order chi connectivity index (χ1) is 10.0. The molecule has 1 saturated carbocycles. The quantitative estimate of drug-likeness (QED) is 0.872. The second-order valence-electron chi connectivity index (χ2n) is 6.74. The summed E-state index contributed by atoms with van der Waals surface area (Å²) in [5, 5.41) is 7.60. The predicted octanol–water partition coefficient (Wildman–Crippen LogP) is 3.33. The van der Waals surface area contributed by atoms with Gasteiger partial charge in [-0.3, -0.25) is 0 Å². The molecule has 5 nitrogen and oxygen atoms in total. The lowest BCUT2D eigenvalue weighted by molar-refractivity contribution is 0.109. The molecular weight excluding hydrogens is 266 g/mol. The van der Waals surface area contributed by atoms with Crippen molar-refractivity contribution in [3.63, 3.8) is 0 Å². The molecule has 4 atom stereocenters. The van der Waals surface area contributed by atoms with Crippen LogP contribution in [-0.2, 0) is 11.3 Å². The summed E-state index contributed by atoms with van der Waals surface area (Å²) in [7, 11) is 1.65. The SMILES string of the molecule is CO[C@H](C)c1noc(CN[C@@H]2C[C@H](C)CC[C@H]2C(C)C)n1. The third kappa shape index (κ3) is 4.27. The third-order valence-electron chi connectivity index (χ3n) is 4.74. The van der Waals surface area contributed by atoms with Crippen LogP contribution < -0.4 is 5.32 Å². The Morgan fingerprint density at radius 3 is 2.76 bits per heavy atom. The maximum Gasteiger partial charge on any atom is 0.240 e. The molecule has 1 heterocycles. The Morgan fingerprint density at radius 2 is 2.10 bits per heavy atom.